The van der Waals surface area contributed by atoms with Crippen molar-refractivity contribution in [1.82, 2.24) is 0 Å². The normalized spacial score (nSPS) is 25.4. The molecule has 6 heteroatoms. The Morgan fingerprint density at radius 1 is 1.35 bits per heavy atom. The molecule has 1 fully saturated rings. The Morgan fingerprint density at radius 2 is 2.05 bits per heavy atom. The van der Waals surface area contributed by atoms with E-state index in [1.165, 1.54) is 19.2 Å². The first-order valence-electron chi connectivity index (χ1n) is 6.11. The number of halogens is 4. The lowest BCUT2D eigenvalue weighted by Gasteiger charge is -2.13. The summed E-state index contributed by atoms with van der Waals surface area (Å²) in [6, 6.07) is 4.58. The maximum Gasteiger partial charge on any atom is 0.416 e. The van der Waals surface area contributed by atoms with Crippen LogP contribution in [0.4, 0.5) is 17.6 Å². The summed E-state index contributed by atoms with van der Waals surface area (Å²) in [5, 5.41) is 0. The number of benzene rings is 1. The second kappa shape index (κ2) is 5.34. The largest absolute Gasteiger partial charge is 0.416 e. The van der Waals surface area contributed by atoms with Gasteiger partial charge in [0.2, 0.25) is 0 Å². The summed E-state index contributed by atoms with van der Waals surface area (Å²) in [5.74, 6) is -2.05. The topological polar surface area (TPSA) is 29.4 Å². The van der Waals surface area contributed by atoms with E-state index in [0.717, 1.165) is 12.1 Å². The molecular weight excluding hydrogens is 274 g/mol. The van der Waals surface area contributed by atoms with Crippen molar-refractivity contribution in [2.45, 2.75) is 18.5 Å². The number of nitrogens with zero attached hydrogens (tertiary/aromatic N) is 1. The van der Waals surface area contributed by atoms with Crippen LogP contribution in [0.5, 0.6) is 0 Å². The van der Waals surface area contributed by atoms with E-state index < -0.39 is 36.0 Å². The SMILES string of the molecule is CN=C1CC(CF)C(=O)C1c1cccc(C(F)(F)F)c1. The van der Waals surface area contributed by atoms with Gasteiger partial charge in [0.05, 0.1) is 24.1 Å². The fourth-order valence-electron chi connectivity index (χ4n) is 2.47. The van der Waals surface area contributed by atoms with Gasteiger partial charge in [-0.05, 0) is 18.1 Å². The lowest BCUT2D eigenvalue weighted by Crippen LogP contribution is -2.17. The van der Waals surface area contributed by atoms with Gasteiger partial charge in [0.1, 0.15) is 0 Å². The lowest BCUT2D eigenvalue weighted by atomic mass is 9.93. The molecular formula is C14H13F4NO. The predicted molar refractivity (Wildman–Crippen MR) is 66.6 cm³/mol. The van der Waals surface area contributed by atoms with Crippen LogP contribution in [0, 0.1) is 5.92 Å². The fraction of sp³-hybridized carbons (Fsp3) is 0.429. The van der Waals surface area contributed by atoms with Gasteiger partial charge in [-0.25, -0.2) is 0 Å². The molecule has 20 heavy (non-hydrogen) atoms. The molecule has 0 aliphatic heterocycles. The number of Topliss-reactive ketones (excluding diaryl/α,β-unsaturated/α-hetero) is 1. The molecule has 1 aromatic rings. The van der Waals surface area contributed by atoms with Gasteiger partial charge in [0, 0.05) is 12.8 Å². The minimum Gasteiger partial charge on any atom is -0.298 e. The fourth-order valence-corrected chi connectivity index (χ4v) is 2.47. The summed E-state index contributed by atoms with van der Waals surface area (Å²) >= 11 is 0. The smallest absolute Gasteiger partial charge is 0.298 e. The predicted octanol–water partition coefficient (Wildman–Crippen LogP) is 3.42. The molecule has 0 bridgehead atoms. The minimum absolute atomic E-state index is 0.173. The molecule has 2 unspecified atom stereocenters. The Bertz CT molecular complexity index is 550. The van der Waals surface area contributed by atoms with Gasteiger partial charge in [-0.2, -0.15) is 13.2 Å². The van der Waals surface area contributed by atoms with Crippen LogP contribution < -0.4 is 0 Å². The van der Waals surface area contributed by atoms with Gasteiger partial charge >= 0.3 is 6.18 Å². The molecule has 0 spiro atoms. The Hall–Kier alpha value is -1.72. The van der Waals surface area contributed by atoms with Crippen LogP contribution in [0.2, 0.25) is 0 Å². The molecule has 1 aliphatic carbocycles. The van der Waals surface area contributed by atoms with E-state index in [0.29, 0.717) is 5.71 Å². The summed E-state index contributed by atoms with van der Waals surface area (Å²) in [4.78, 5) is 16.0. The highest BCUT2D eigenvalue weighted by atomic mass is 19.4. The Morgan fingerprint density at radius 3 is 2.60 bits per heavy atom. The third kappa shape index (κ3) is 2.59. The average molecular weight is 287 g/mol. The Labute approximate surface area is 113 Å². The molecule has 0 N–H and O–H groups in total. The van der Waals surface area contributed by atoms with Crippen molar-refractivity contribution in [3.05, 3.63) is 35.4 Å². The quantitative estimate of drug-likeness (QED) is 0.766. The average Bonchev–Trinajstić information content (AvgIpc) is 2.74. The van der Waals surface area contributed by atoms with Crippen molar-refractivity contribution in [3.8, 4) is 0 Å². The summed E-state index contributed by atoms with van der Waals surface area (Å²) in [6.45, 7) is -0.812. The van der Waals surface area contributed by atoms with Crippen molar-refractivity contribution in [2.24, 2.45) is 10.9 Å². The zero-order valence-corrected chi connectivity index (χ0v) is 10.7. The van der Waals surface area contributed by atoms with E-state index in [1.807, 2.05) is 0 Å². The number of carbonyl (C=O) groups is 1. The number of alkyl halides is 4. The molecule has 108 valence electrons. The van der Waals surface area contributed by atoms with Gasteiger partial charge in [-0.1, -0.05) is 18.2 Å². The van der Waals surface area contributed by atoms with Gasteiger partial charge in [-0.15, -0.1) is 0 Å². The molecule has 0 radical (unpaired) electrons. The molecule has 1 saturated carbocycles. The number of rotatable bonds is 2. The number of hydrogen-bond acceptors (Lipinski definition) is 2. The standard InChI is InChI=1S/C14H13F4NO/c1-19-11-6-9(7-15)13(20)12(11)8-3-2-4-10(5-8)14(16,17)18/h2-5,9,12H,6-7H2,1H3. The van der Waals surface area contributed by atoms with E-state index in [2.05, 4.69) is 4.99 Å². The van der Waals surface area contributed by atoms with E-state index in [-0.39, 0.29) is 12.0 Å². The van der Waals surface area contributed by atoms with E-state index >= 15 is 0 Å². The zero-order valence-electron chi connectivity index (χ0n) is 10.7. The van der Waals surface area contributed by atoms with E-state index in [9.17, 15) is 22.4 Å². The maximum absolute atomic E-state index is 12.8. The summed E-state index contributed by atoms with van der Waals surface area (Å²) in [6.07, 6.45) is -4.30. The summed E-state index contributed by atoms with van der Waals surface area (Å²) < 4.78 is 50.9. The summed E-state index contributed by atoms with van der Waals surface area (Å²) in [5.41, 5.74) is -0.152. The highest BCUT2D eigenvalue weighted by Gasteiger charge is 2.41. The van der Waals surface area contributed by atoms with Crippen molar-refractivity contribution < 1.29 is 22.4 Å². The second-order valence-corrected chi connectivity index (χ2v) is 4.73. The van der Waals surface area contributed by atoms with Crippen LogP contribution in [-0.2, 0) is 11.0 Å². The molecule has 2 rings (SSSR count). The molecule has 2 nitrogen and oxygen atoms in total. The number of aliphatic imine (C=N–C) groups is 1. The Balaban J connectivity index is 2.43. The number of hydrogen-bond donors (Lipinski definition) is 0. The molecule has 0 saturated heterocycles. The minimum atomic E-state index is -4.47. The maximum atomic E-state index is 12.8. The second-order valence-electron chi connectivity index (χ2n) is 4.73. The first kappa shape index (κ1) is 14.7. The van der Waals surface area contributed by atoms with Gasteiger partial charge in [0.15, 0.2) is 5.78 Å². The van der Waals surface area contributed by atoms with Crippen LogP contribution >= 0.6 is 0 Å². The molecule has 0 aromatic heterocycles. The van der Waals surface area contributed by atoms with E-state index in [1.54, 1.807) is 0 Å². The van der Waals surface area contributed by atoms with Crippen LogP contribution in [-0.4, -0.2) is 25.2 Å². The van der Waals surface area contributed by atoms with Crippen molar-refractivity contribution >= 4 is 11.5 Å². The number of carbonyl (C=O) groups excluding carboxylic acids is 1. The zero-order chi connectivity index (χ0) is 14.9. The monoisotopic (exact) mass is 287 g/mol. The first-order valence-corrected chi connectivity index (χ1v) is 6.11. The third-order valence-electron chi connectivity index (χ3n) is 3.50. The van der Waals surface area contributed by atoms with Gasteiger partial charge < -0.3 is 0 Å². The van der Waals surface area contributed by atoms with E-state index in [4.69, 9.17) is 0 Å². The van der Waals surface area contributed by atoms with Crippen LogP contribution in [0.25, 0.3) is 0 Å². The molecule has 1 aliphatic rings. The molecule has 0 amide bonds. The molecule has 2 atom stereocenters. The van der Waals surface area contributed by atoms with Crippen LogP contribution in [0.3, 0.4) is 0 Å². The molecule has 1 aromatic carbocycles. The molecule has 0 heterocycles. The van der Waals surface area contributed by atoms with Crippen molar-refractivity contribution in [1.29, 1.82) is 0 Å². The number of ketones is 1. The first-order chi connectivity index (χ1) is 9.38. The summed E-state index contributed by atoms with van der Waals surface area (Å²) in [7, 11) is 1.46. The third-order valence-corrected chi connectivity index (χ3v) is 3.50. The highest BCUT2D eigenvalue weighted by Crippen LogP contribution is 2.36. The van der Waals surface area contributed by atoms with Crippen LogP contribution in [0.15, 0.2) is 29.3 Å². The van der Waals surface area contributed by atoms with Crippen molar-refractivity contribution in [3.63, 3.8) is 0 Å². The Kier molecular flexibility index (Phi) is 3.92. The van der Waals surface area contributed by atoms with Crippen LogP contribution in [0.1, 0.15) is 23.5 Å². The van der Waals surface area contributed by atoms with Crippen molar-refractivity contribution in [2.75, 3.05) is 13.7 Å². The van der Waals surface area contributed by atoms with Gasteiger partial charge in [-0.3, -0.25) is 14.2 Å². The highest BCUT2D eigenvalue weighted by molar-refractivity contribution is 6.16. The van der Waals surface area contributed by atoms with Gasteiger partial charge in [0.25, 0.3) is 0 Å². The lowest BCUT2D eigenvalue weighted by molar-refractivity contribution is -0.137.